The Morgan fingerprint density at radius 3 is 2.58 bits per heavy atom. The second-order valence-electron chi connectivity index (χ2n) is 4.46. The van der Waals surface area contributed by atoms with Crippen LogP contribution in [0, 0.1) is 0 Å². The topological polar surface area (TPSA) is 83.9 Å². The van der Waals surface area contributed by atoms with E-state index in [4.69, 9.17) is 4.74 Å². The number of anilines is 1. The molecular weight excluding hydrogens is 270 g/mol. The van der Waals surface area contributed by atoms with E-state index in [1.165, 1.54) is 19.2 Å². The molecule has 1 heterocycles. The Kier molecular flexibility index (Phi) is 3.17. The summed E-state index contributed by atoms with van der Waals surface area (Å²) in [4.78, 5) is 12.9. The van der Waals surface area contributed by atoms with Gasteiger partial charge in [-0.1, -0.05) is 6.07 Å². The van der Waals surface area contributed by atoms with Crippen molar-refractivity contribution in [3.8, 4) is 5.75 Å². The van der Waals surface area contributed by atoms with Crippen LogP contribution in [0.15, 0.2) is 23.1 Å². The number of carbonyl (C=O) groups is 1. The van der Waals surface area contributed by atoms with Gasteiger partial charge in [-0.15, -0.1) is 0 Å². The monoisotopic (exact) mass is 285 g/mol. The highest BCUT2D eigenvalue weighted by atomic mass is 32.2. The van der Waals surface area contributed by atoms with E-state index < -0.39 is 27.1 Å². The summed E-state index contributed by atoms with van der Waals surface area (Å²) >= 11 is 0. The molecule has 0 saturated heterocycles. The number of benzene rings is 1. The third kappa shape index (κ3) is 1.85. The second-order valence-corrected chi connectivity index (χ2v) is 6.50. The van der Waals surface area contributed by atoms with E-state index >= 15 is 0 Å². The van der Waals surface area contributed by atoms with Gasteiger partial charge in [-0.25, -0.2) is 8.42 Å². The van der Waals surface area contributed by atoms with Crippen LogP contribution in [0.25, 0.3) is 0 Å². The normalized spacial score (nSPS) is 24.7. The lowest BCUT2D eigenvalue weighted by molar-refractivity contribution is -0.136. The number of hydrogen-bond donors (Lipinski definition) is 1. The molecule has 2 atom stereocenters. The average Bonchev–Trinajstić information content (AvgIpc) is 2.34. The van der Waals surface area contributed by atoms with Gasteiger partial charge in [-0.05, 0) is 19.1 Å². The van der Waals surface area contributed by atoms with Crippen molar-refractivity contribution in [1.82, 2.24) is 0 Å². The molecule has 0 bridgehead atoms. The molecule has 0 saturated carbocycles. The van der Waals surface area contributed by atoms with Crippen LogP contribution in [-0.4, -0.2) is 44.9 Å². The standard InChI is InChI=1S/C12H15NO5S/c1-7-11(12(14)15)19(16,17)9-6-4-5-8(18-3)10(9)13(7)2/h4-7,11H,1-3H3,(H,14,15). The molecule has 6 nitrogen and oxygen atoms in total. The minimum Gasteiger partial charge on any atom is -0.495 e. The Bertz CT molecular complexity index is 625. The number of ether oxygens (including phenoxy) is 1. The predicted octanol–water partition coefficient (Wildman–Crippen LogP) is 0.760. The predicted molar refractivity (Wildman–Crippen MR) is 69.5 cm³/mol. The van der Waals surface area contributed by atoms with Gasteiger partial charge < -0.3 is 14.7 Å². The molecule has 2 unspecified atom stereocenters. The van der Waals surface area contributed by atoms with Gasteiger partial charge in [0.1, 0.15) is 5.75 Å². The van der Waals surface area contributed by atoms with Gasteiger partial charge in [0.05, 0.1) is 23.7 Å². The van der Waals surface area contributed by atoms with Crippen LogP contribution in [0.1, 0.15) is 6.92 Å². The fourth-order valence-corrected chi connectivity index (χ4v) is 4.41. The van der Waals surface area contributed by atoms with Crippen LogP contribution >= 0.6 is 0 Å². The number of carboxylic acid groups (broad SMARTS) is 1. The first-order valence-electron chi connectivity index (χ1n) is 5.69. The third-order valence-corrected chi connectivity index (χ3v) is 5.67. The summed E-state index contributed by atoms with van der Waals surface area (Å²) in [6.45, 7) is 1.58. The first-order chi connectivity index (χ1) is 8.82. The molecule has 1 aliphatic rings. The van der Waals surface area contributed by atoms with Crippen molar-refractivity contribution in [1.29, 1.82) is 0 Å². The number of rotatable bonds is 2. The number of fused-ring (bicyclic) bond motifs is 1. The Labute approximate surface area is 111 Å². The molecule has 1 N–H and O–H groups in total. The second kappa shape index (κ2) is 4.41. The summed E-state index contributed by atoms with van der Waals surface area (Å²) in [5, 5.41) is 7.70. The number of aliphatic carboxylic acids is 1. The molecule has 1 aliphatic heterocycles. The van der Waals surface area contributed by atoms with Crippen molar-refractivity contribution in [2.24, 2.45) is 0 Å². The molecule has 0 spiro atoms. The van der Waals surface area contributed by atoms with Gasteiger partial charge in [0.2, 0.25) is 0 Å². The van der Waals surface area contributed by atoms with Crippen LogP contribution in [0.5, 0.6) is 5.75 Å². The van der Waals surface area contributed by atoms with Gasteiger partial charge >= 0.3 is 5.97 Å². The number of nitrogens with zero attached hydrogens (tertiary/aromatic N) is 1. The molecule has 1 aromatic carbocycles. The lowest BCUT2D eigenvalue weighted by Crippen LogP contribution is -2.51. The van der Waals surface area contributed by atoms with E-state index in [0.29, 0.717) is 11.4 Å². The molecular formula is C12H15NO5S. The maximum Gasteiger partial charge on any atom is 0.324 e. The van der Waals surface area contributed by atoms with Gasteiger partial charge in [0, 0.05) is 7.05 Å². The highest BCUT2D eigenvalue weighted by Crippen LogP contribution is 2.42. The van der Waals surface area contributed by atoms with E-state index in [1.807, 2.05) is 0 Å². The highest BCUT2D eigenvalue weighted by Gasteiger charge is 2.47. The molecule has 7 heteroatoms. The number of sulfone groups is 1. The third-order valence-electron chi connectivity index (χ3n) is 3.47. The zero-order chi connectivity index (χ0) is 14.4. The van der Waals surface area contributed by atoms with E-state index in [1.54, 1.807) is 24.9 Å². The molecule has 2 rings (SSSR count). The molecule has 104 valence electrons. The summed E-state index contributed by atoms with van der Waals surface area (Å²) in [6, 6.07) is 3.92. The van der Waals surface area contributed by atoms with E-state index in [9.17, 15) is 18.3 Å². The number of methoxy groups -OCH3 is 1. The highest BCUT2D eigenvalue weighted by molar-refractivity contribution is 7.93. The lowest BCUT2D eigenvalue weighted by Gasteiger charge is -2.37. The molecule has 19 heavy (non-hydrogen) atoms. The smallest absolute Gasteiger partial charge is 0.324 e. The molecule has 0 aliphatic carbocycles. The summed E-state index contributed by atoms with van der Waals surface area (Å²) in [5.41, 5.74) is 0.412. The summed E-state index contributed by atoms with van der Waals surface area (Å²) in [6.07, 6.45) is 0. The lowest BCUT2D eigenvalue weighted by atomic mass is 10.1. The van der Waals surface area contributed by atoms with Gasteiger partial charge in [0.15, 0.2) is 15.1 Å². The number of carboxylic acids is 1. The summed E-state index contributed by atoms with van der Waals surface area (Å²) in [7, 11) is -0.806. The van der Waals surface area contributed by atoms with Crippen LogP contribution in [0.3, 0.4) is 0 Å². The van der Waals surface area contributed by atoms with Crippen molar-refractivity contribution in [3.63, 3.8) is 0 Å². The molecule has 0 radical (unpaired) electrons. The maximum absolute atomic E-state index is 12.4. The molecule has 0 fully saturated rings. The van der Waals surface area contributed by atoms with Gasteiger partial charge in [-0.3, -0.25) is 4.79 Å². The van der Waals surface area contributed by atoms with Crippen molar-refractivity contribution < 1.29 is 23.1 Å². The number of para-hydroxylation sites is 1. The SMILES string of the molecule is COc1cccc2c1N(C)C(C)C(C(=O)O)S2(=O)=O. The minimum absolute atomic E-state index is 0.000139. The van der Waals surface area contributed by atoms with Crippen LogP contribution < -0.4 is 9.64 Å². The summed E-state index contributed by atoms with van der Waals surface area (Å²) < 4.78 is 30.0. The Balaban J connectivity index is 2.78. The first kappa shape index (κ1) is 13.7. The Hall–Kier alpha value is -1.76. The Morgan fingerprint density at radius 1 is 1.42 bits per heavy atom. The largest absolute Gasteiger partial charge is 0.495 e. The van der Waals surface area contributed by atoms with Crippen molar-refractivity contribution in [2.75, 3.05) is 19.1 Å². The zero-order valence-corrected chi connectivity index (χ0v) is 11.6. The van der Waals surface area contributed by atoms with Crippen LogP contribution in [0.2, 0.25) is 0 Å². The van der Waals surface area contributed by atoms with Gasteiger partial charge in [0.25, 0.3) is 0 Å². The van der Waals surface area contributed by atoms with E-state index in [2.05, 4.69) is 0 Å². The average molecular weight is 285 g/mol. The molecule has 0 aromatic heterocycles. The van der Waals surface area contributed by atoms with Crippen molar-refractivity contribution in [3.05, 3.63) is 18.2 Å². The zero-order valence-electron chi connectivity index (χ0n) is 10.8. The minimum atomic E-state index is -3.92. The van der Waals surface area contributed by atoms with Gasteiger partial charge in [-0.2, -0.15) is 0 Å². The van der Waals surface area contributed by atoms with E-state index in [-0.39, 0.29) is 4.90 Å². The van der Waals surface area contributed by atoms with Crippen LogP contribution in [0.4, 0.5) is 5.69 Å². The molecule has 0 amide bonds. The maximum atomic E-state index is 12.4. The quantitative estimate of drug-likeness (QED) is 0.863. The number of hydrogen-bond acceptors (Lipinski definition) is 5. The Morgan fingerprint density at radius 2 is 2.05 bits per heavy atom. The molecule has 1 aromatic rings. The fourth-order valence-electron chi connectivity index (χ4n) is 2.39. The summed E-state index contributed by atoms with van der Waals surface area (Å²) in [5.74, 6) is -0.924. The van der Waals surface area contributed by atoms with E-state index in [0.717, 1.165) is 0 Å². The van der Waals surface area contributed by atoms with Crippen molar-refractivity contribution >= 4 is 21.5 Å². The fraction of sp³-hybridized carbons (Fsp3) is 0.417. The van der Waals surface area contributed by atoms with Crippen molar-refractivity contribution in [2.45, 2.75) is 23.1 Å². The van der Waals surface area contributed by atoms with Crippen LogP contribution in [-0.2, 0) is 14.6 Å². The first-order valence-corrected chi connectivity index (χ1v) is 7.23.